The number of methoxy groups -OCH3 is 1. The zero-order valence-electron chi connectivity index (χ0n) is 35.5. The van der Waals surface area contributed by atoms with Crippen LogP contribution in [0.2, 0.25) is 0 Å². The number of aliphatic hydroxyl groups excluding tert-OH is 2. The van der Waals surface area contributed by atoms with Crippen molar-refractivity contribution in [3.8, 4) is 17.2 Å². The number of fused-ring (bicyclic) bond motifs is 2. The van der Waals surface area contributed by atoms with E-state index >= 15 is 0 Å². The molecule has 7 rings (SSSR count). The third-order valence-corrected chi connectivity index (χ3v) is 13.0. The average molecular weight is 865 g/mol. The maximum absolute atomic E-state index is 14.2. The quantitative estimate of drug-likeness (QED) is 0.0387. The SMILES string of the molecule is C=CCO[C@@]12Oc3ccc(Oc4ccc(SC)cc4)cc3[C@H]3[C@H](CCCCO)[C@@H](CCCCO)C=C(C(=NOCc4ccccc4)C[C@@H]1N(Cc1ccc(F)cc1)C(=O)OC)[C@H]32. The Labute approximate surface area is 368 Å². The van der Waals surface area contributed by atoms with Crippen molar-refractivity contribution >= 4 is 23.6 Å². The molecule has 4 aromatic rings. The fourth-order valence-electron chi connectivity index (χ4n) is 9.46. The van der Waals surface area contributed by atoms with Gasteiger partial charge in [0.15, 0.2) is 0 Å². The molecule has 328 valence electrons. The van der Waals surface area contributed by atoms with Gasteiger partial charge in [0.05, 0.1) is 25.3 Å². The van der Waals surface area contributed by atoms with Crippen LogP contribution in [0.1, 0.15) is 67.6 Å². The van der Waals surface area contributed by atoms with Gasteiger partial charge in [-0.1, -0.05) is 72.6 Å². The highest BCUT2D eigenvalue weighted by Crippen LogP contribution is 2.62. The summed E-state index contributed by atoms with van der Waals surface area (Å²) in [5, 5.41) is 24.8. The fourth-order valence-corrected chi connectivity index (χ4v) is 9.86. The number of unbranched alkanes of at least 4 members (excludes halogenated alkanes) is 2. The second kappa shape index (κ2) is 21.3. The van der Waals surface area contributed by atoms with Crippen LogP contribution < -0.4 is 9.47 Å². The average Bonchev–Trinajstić information content (AvgIpc) is 3.30. The number of halogens is 1. The number of thioether (sulfide) groups is 1. The summed E-state index contributed by atoms with van der Waals surface area (Å²) in [7, 11) is 1.34. The number of amides is 1. The Morgan fingerprint density at radius 2 is 1.68 bits per heavy atom. The lowest BCUT2D eigenvalue weighted by molar-refractivity contribution is -0.256. The Morgan fingerprint density at radius 3 is 2.37 bits per heavy atom. The van der Waals surface area contributed by atoms with E-state index < -0.39 is 23.8 Å². The van der Waals surface area contributed by atoms with Crippen molar-refractivity contribution in [2.24, 2.45) is 22.9 Å². The van der Waals surface area contributed by atoms with Crippen LogP contribution in [0, 0.1) is 23.6 Å². The molecule has 0 bridgehead atoms. The Balaban J connectivity index is 1.44. The zero-order valence-corrected chi connectivity index (χ0v) is 36.3. The van der Waals surface area contributed by atoms with E-state index in [0.717, 1.165) is 47.3 Å². The topological polar surface area (TPSA) is 119 Å². The maximum atomic E-state index is 14.2. The van der Waals surface area contributed by atoms with Gasteiger partial charge in [0.1, 0.15) is 35.7 Å². The van der Waals surface area contributed by atoms with E-state index in [1.807, 2.05) is 73.0 Å². The first-order chi connectivity index (χ1) is 30.3. The molecule has 1 fully saturated rings. The molecule has 62 heavy (non-hydrogen) atoms. The minimum Gasteiger partial charge on any atom is -0.459 e. The minimum absolute atomic E-state index is 0.0216. The molecule has 2 N–H and O–H groups in total. The Bertz CT molecular complexity index is 2170. The Morgan fingerprint density at radius 1 is 0.952 bits per heavy atom. The first kappa shape index (κ1) is 44.9. The van der Waals surface area contributed by atoms with Gasteiger partial charge < -0.3 is 34.0 Å². The summed E-state index contributed by atoms with van der Waals surface area (Å²) in [5.41, 5.74) is 4.14. The number of allylic oxidation sites excluding steroid dienone is 1. The summed E-state index contributed by atoms with van der Waals surface area (Å²) in [6.07, 6.45) is 10.1. The second-order valence-corrected chi connectivity index (χ2v) is 16.9. The number of rotatable bonds is 20. The maximum Gasteiger partial charge on any atom is 0.410 e. The molecule has 1 aliphatic heterocycles. The van der Waals surface area contributed by atoms with E-state index in [9.17, 15) is 19.4 Å². The molecule has 2 aliphatic carbocycles. The summed E-state index contributed by atoms with van der Waals surface area (Å²) in [5.74, 6) is -0.653. The van der Waals surface area contributed by atoms with Crippen LogP contribution in [0.3, 0.4) is 0 Å². The Hall–Kier alpha value is -5.14. The number of hydrogen-bond acceptors (Lipinski definition) is 10. The molecule has 12 heteroatoms. The van der Waals surface area contributed by atoms with Gasteiger partial charge in [-0.3, -0.25) is 4.90 Å². The van der Waals surface area contributed by atoms with E-state index in [2.05, 4.69) is 18.7 Å². The highest BCUT2D eigenvalue weighted by atomic mass is 32.2. The molecule has 1 heterocycles. The lowest BCUT2D eigenvalue weighted by Crippen LogP contribution is -2.70. The van der Waals surface area contributed by atoms with E-state index in [1.165, 1.54) is 19.2 Å². The monoisotopic (exact) mass is 864 g/mol. The summed E-state index contributed by atoms with van der Waals surface area (Å²) in [4.78, 5) is 23.1. The van der Waals surface area contributed by atoms with Gasteiger partial charge in [0.2, 0.25) is 5.79 Å². The van der Waals surface area contributed by atoms with Gasteiger partial charge >= 0.3 is 6.09 Å². The highest BCUT2D eigenvalue weighted by Gasteiger charge is 2.65. The van der Waals surface area contributed by atoms with E-state index in [0.29, 0.717) is 41.4 Å². The first-order valence-electron chi connectivity index (χ1n) is 21.5. The van der Waals surface area contributed by atoms with Gasteiger partial charge in [-0.25, -0.2) is 9.18 Å². The van der Waals surface area contributed by atoms with Gasteiger partial charge in [-0.2, -0.15) is 0 Å². The van der Waals surface area contributed by atoms with Crippen LogP contribution in [0.15, 0.2) is 131 Å². The summed E-state index contributed by atoms with van der Waals surface area (Å²) < 4.78 is 40.6. The molecular weight excluding hydrogens is 808 g/mol. The number of oxime groups is 1. The van der Waals surface area contributed by atoms with Gasteiger partial charge in [-0.15, -0.1) is 18.3 Å². The van der Waals surface area contributed by atoms with Crippen LogP contribution in [-0.2, 0) is 27.5 Å². The van der Waals surface area contributed by atoms with Gasteiger partial charge in [-0.05, 0) is 115 Å². The molecule has 0 radical (unpaired) electrons. The molecule has 10 nitrogen and oxygen atoms in total. The van der Waals surface area contributed by atoms with Crippen molar-refractivity contribution in [2.75, 3.05) is 33.2 Å². The predicted octanol–water partition coefficient (Wildman–Crippen LogP) is 10.4. The number of carbonyl (C=O) groups is 1. The standard InChI is InChI=1S/C50H57FN2O8S/c1-4-28-58-50-46(53(49(56)57-2)32-34-16-18-37(51)19-17-34)31-44(52-59-33-35-12-6-5-7-13-35)42-29-36(14-8-10-26-54)41(15-9-11-27-55)47(48(42)50)43-30-39(22-25-45(43)61-50)60-38-20-23-40(62-3)24-21-38/h4-7,12-13,16-25,29-30,36,41,46-48,54-55H,1,8-11,14-15,26-28,31-33H2,2-3H3/t36-,41+,46-,47+,48+,50+/m0/s1. The van der Waals surface area contributed by atoms with Gasteiger partial charge in [0, 0.05) is 42.6 Å². The molecule has 0 saturated heterocycles. The lowest BCUT2D eigenvalue weighted by atomic mass is 9.55. The molecule has 0 unspecified atom stereocenters. The van der Waals surface area contributed by atoms with E-state index in [1.54, 1.807) is 34.9 Å². The molecule has 6 atom stereocenters. The van der Waals surface area contributed by atoms with Crippen LogP contribution in [0.4, 0.5) is 9.18 Å². The van der Waals surface area contributed by atoms with E-state index in [-0.39, 0.29) is 63.0 Å². The van der Waals surface area contributed by atoms with E-state index in [4.69, 9.17) is 28.9 Å². The van der Waals surface area contributed by atoms with Crippen molar-refractivity contribution in [2.45, 2.75) is 80.7 Å². The van der Waals surface area contributed by atoms with Crippen molar-refractivity contribution < 1.29 is 43.2 Å². The molecule has 0 aromatic heterocycles. The highest BCUT2D eigenvalue weighted by molar-refractivity contribution is 7.98. The van der Waals surface area contributed by atoms with Crippen LogP contribution in [-0.4, -0.2) is 71.9 Å². The zero-order chi connectivity index (χ0) is 43.5. The summed E-state index contributed by atoms with van der Waals surface area (Å²) in [6.45, 7) is 4.58. The van der Waals surface area contributed by atoms with Crippen molar-refractivity contribution in [3.05, 3.63) is 144 Å². The minimum atomic E-state index is -1.49. The molecule has 3 aliphatic rings. The normalized spacial score (nSPS) is 23.0. The number of carbonyl (C=O) groups excluding carboxylic acids is 1. The molecular formula is C50H57FN2O8S. The van der Waals surface area contributed by atoms with Crippen molar-refractivity contribution in [1.82, 2.24) is 4.90 Å². The van der Waals surface area contributed by atoms with Gasteiger partial charge in [0.25, 0.3) is 0 Å². The van der Waals surface area contributed by atoms with Crippen LogP contribution >= 0.6 is 11.8 Å². The smallest absolute Gasteiger partial charge is 0.410 e. The largest absolute Gasteiger partial charge is 0.459 e. The number of hydrogen-bond donors (Lipinski definition) is 2. The molecule has 0 spiro atoms. The van der Waals surface area contributed by atoms with Crippen LogP contribution in [0.5, 0.6) is 17.2 Å². The summed E-state index contributed by atoms with van der Waals surface area (Å²) >= 11 is 1.66. The van der Waals surface area contributed by atoms with Crippen molar-refractivity contribution in [1.29, 1.82) is 0 Å². The third-order valence-electron chi connectivity index (χ3n) is 12.2. The molecule has 1 amide bonds. The Kier molecular flexibility index (Phi) is 15.4. The number of nitrogens with zero attached hydrogens (tertiary/aromatic N) is 2. The molecule has 4 aromatic carbocycles. The van der Waals surface area contributed by atoms with Crippen LogP contribution in [0.25, 0.3) is 0 Å². The lowest BCUT2D eigenvalue weighted by Gasteiger charge is -2.59. The first-order valence-corrected chi connectivity index (χ1v) is 22.7. The predicted molar refractivity (Wildman–Crippen MR) is 239 cm³/mol. The number of ether oxygens (including phenoxy) is 4. The number of aliphatic hydroxyl groups is 2. The molecule has 1 saturated carbocycles. The third kappa shape index (κ3) is 10.0. The summed E-state index contributed by atoms with van der Waals surface area (Å²) in [6, 6.07) is 28.9. The second-order valence-electron chi connectivity index (χ2n) is 16.0. The number of benzene rings is 4. The van der Waals surface area contributed by atoms with Crippen molar-refractivity contribution in [3.63, 3.8) is 0 Å². The fraction of sp³-hybridized carbons (Fsp3) is 0.400.